The number of carbonyl (C=O) groups is 1. The summed E-state index contributed by atoms with van der Waals surface area (Å²) < 4.78 is 17.8. The Labute approximate surface area is 238 Å². The van der Waals surface area contributed by atoms with E-state index in [9.17, 15) is 4.79 Å². The van der Waals surface area contributed by atoms with Crippen molar-refractivity contribution in [2.24, 2.45) is 0 Å². The summed E-state index contributed by atoms with van der Waals surface area (Å²) in [5.41, 5.74) is 2.12. The Kier molecular flexibility index (Phi) is 19.2. The molecule has 0 spiro atoms. The predicted molar refractivity (Wildman–Crippen MR) is 161 cm³/mol. The normalized spacial score (nSPS) is 12.1. The third kappa shape index (κ3) is 17.2. The van der Waals surface area contributed by atoms with Crippen LogP contribution in [0.4, 0.5) is 0 Å². The molecule has 0 fully saturated rings. The molecule has 0 N–H and O–H groups in total. The molecule has 1 atom stereocenters. The van der Waals surface area contributed by atoms with E-state index in [1.165, 1.54) is 83.5 Å². The summed E-state index contributed by atoms with van der Waals surface area (Å²) in [4.78, 5) is 12.5. The Balaban J connectivity index is 1.55. The Bertz CT molecular complexity index is 780. The molecule has 0 aromatic heterocycles. The molecule has 0 heterocycles. The topological polar surface area (TPSA) is 44.8 Å². The van der Waals surface area contributed by atoms with Crippen LogP contribution in [0.1, 0.15) is 128 Å². The molecule has 0 saturated heterocycles. The number of ether oxygens (including phenoxy) is 3. The first kappa shape index (κ1) is 33.0. The molecule has 4 nitrogen and oxygen atoms in total. The number of unbranched alkanes of at least 4 members (excludes halogenated alkanes) is 14. The van der Waals surface area contributed by atoms with Crippen LogP contribution in [0.15, 0.2) is 60.7 Å². The lowest BCUT2D eigenvalue weighted by Crippen LogP contribution is -2.33. The van der Waals surface area contributed by atoms with Crippen molar-refractivity contribution in [2.45, 2.75) is 142 Å². The molecular weight excluding hydrogens is 484 g/mol. The van der Waals surface area contributed by atoms with Gasteiger partial charge in [0.25, 0.3) is 0 Å². The third-order valence-corrected chi connectivity index (χ3v) is 7.20. The monoisotopic (exact) mass is 538 g/mol. The van der Waals surface area contributed by atoms with Crippen molar-refractivity contribution in [3.63, 3.8) is 0 Å². The Morgan fingerprint density at radius 1 is 0.590 bits per heavy atom. The van der Waals surface area contributed by atoms with E-state index in [4.69, 9.17) is 14.2 Å². The highest BCUT2D eigenvalue weighted by atomic mass is 16.7. The average molecular weight is 539 g/mol. The molecule has 0 saturated carbocycles. The number of hydrogen-bond donors (Lipinski definition) is 0. The largest absolute Gasteiger partial charge is 0.457 e. The third-order valence-electron chi connectivity index (χ3n) is 7.20. The van der Waals surface area contributed by atoms with Crippen LogP contribution >= 0.6 is 0 Å². The van der Waals surface area contributed by atoms with E-state index in [0.717, 1.165) is 24.0 Å². The number of carbonyl (C=O) groups excluding carboxylic acids is 1. The van der Waals surface area contributed by atoms with Crippen LogP contribution in [0, 0.1) is 0 Å². The zero-order valence-corrected chi connectivity index (χ0v) is 24.8. The maximum atomic E-state index is 12.5. The highest BCUT2D eigenvalue weighted by Crippen LogP contribution is 2.16. The van der Waals surface area contributed by atoms with E-state index >= 15 is 0 Å². The number of esters is 1. The van der Waals surface area contributed by atoms with Crippen molar-refractivity contribution in [3.8, 4) is 0 Å². The second-order valence-electron chi connectivity index (χ2n) is 10.9. The molecule has 2 aromatic carbocycles. The zero-order chi connectivity index (χ0) is 27.8. The number of rotatable bonds is 24. The van der Waals surface area contributed by atoms with Crippen molar-refractivity contribution in [1.29, 1.82) is 0 Å². The van der Waals surface area contributed by atoms with Gasteiger partial charge in [0.1, 0.15) is 6.10 Å². The minimum absolute atomic E-state index is 0.172. The minimum Gasteiger partial charge on any atom is -0.457 e. The molecule has 4 heteroatoms. The van der Waals surface area contributed by atoms with Crippen LogP contribution in [0.2, 0.25) is 0 Å². The van der Waals surface area contributed by atoms with Gasteiger partial charge in [-0.05, 0) is 24.5 Å². The quantitative estimate of drug-likeness (QED) is 0.0758. The predicted octanol–water partition coefficient (Wildman–Crippen LogP) is 9.94. The van der Waals surface area contributed by atoms with Gasteiger partial charge >= 0.3 is 5.97 Å². The van der Waals surface area contributed by atoms with Crippen LogP contribution in [0.25, 0.3) is 0 Å². The van der Waals surface area contributed by atoms with Gasteiger partial charge < -0.3 is 14.2 Å². The minimum atomic E-state index is -0.629. The molecule has 0 aliphatic rings. The smallest absolute Gasteiger partial charge is 0.306 e. The first-order valence-corrected chi connectivity index (χ1v) is 15.7. The first-order valence-electron chi connectivity index (χ1n) is 15.7. The molecule has 0 bridgehead atoms. The van der Waals surface area contributed by atoms with Crippen LogP contribution in [0.5, 0.6) is 0 Å². The lowest BCUT2D eigenvalue weighted by Gasteiger charge is -2.25. The standard InChI is InChI=1S/C35H54O4/c1-3-4-5-6-7-8-9-10-11-12-13-14-15-16-23-28-34(36)39-31(2)35(37-29-32-24-19-17-20-25-32)38-30-33-26-21-18-22-27-33/h17-22,24-27,31,35H,3-16,23,28-30H2,1-2H3. The van der Waals surface area contributed by atoms with Crippen molar-refractivity contribution >= 4 is 5.97 Å². The van der Waals surface area contributed by atoms with Gasteiger partial charge in [0.15, 0.2) is 6.29 Å². The fourth-order valence-electron chi connectivity index (χ4n) is 4.79. The highest BCUT2D eigenvalue weighted by molar-refractivity contribution is 5.69. The Morgan fingerprint density at radius 2 is 0.974 bits per heavy atom. The van der Waals surface area contributed by atoms with Crippen LogP contribution in [-0.2, 0) is 32.2 Å². The summed E-state index contributed by atoms with van der Waals surface area (Å²) in [5.74, 6) is -0.172. The fourth-order valence-corrected chi connectivity index (χ4v) is 4.79. The van der Waals surface area contributed by atoms with E-state index in [1.807, 2.05) is 67.6 Å². The SMILES string of the molecule is CCCCCCCCCCCCCCCCCC(=O)OC(C)C(OCc1ccccc1)OCc1ccccc1. The number of hydrogen-bond acceptors (Lipinski definition) is 4. The van der Waals surface area contributed by atoms with Gasteiger partial charge in [-0.3, -0.25) is 4.79 Å². The molecule has 2 aromatic rings. The van der Waals surface area contributed by atoms with Crippen molar-refractivity contribution in [2.75, 3.05) is 0 Å². The van der Waals surface area contributed by atoms with Crippen molar-refractivity contribution in [3.05, 3.63) is 71.8 Å². The number of benzene rings is 2. The van der Waals surface area contributed by atoms with E-state index in [0.29, 0.717) is 19.6 Å². The van der Waals surface area contributed by atoms with Crippen molar-refractivity contribution in [1.82, 2.24) is 0 Å². The summed E-state index contributed by atoms with van der Waals surface area (Å²) in [6.07, 6.45) is 19.0. The molecule has 0 aliphatic heterocycles. The summed E-state index contributed by atoms with van der Waals surface area (Å²) in [6.45, 7) is 4.94. The van der Waals surface area contributed by atoms with E-state index < -0.39 is 12.4 Å². The van der Waals surface area contributed by atoms with Gasteiger partial charge in [0.2, 0.25) is 0 Å². The van der Waals surface area contributed by atoms with Gasteiger partial charge in [-0.25, -0.2) is 0 Å². The maximum absolute atomic E-state index is 12.5. The van der Waals surface area contributed by atoms with Crippen LogP contribution < -0.4 is 0 Å². The Hall–Kier alpha value is -2.17. The summed E-state index contributed by atoms with van der Waals surface area (Å²) in [5, 5.41) is 0. The zero-order valence-electron chi connectivity index (χ0n) is 24.8. The molecule has 0 radical (unpaired) electrons. The first-order chi connectivity index (χ1) is 19.2. The van der Waals surface area contributed by atoms with Crippen LogP contribution in [0.3, 0.4) is 0 Å². The molecule has 0 amide bonds. The van der Waals surface area contributed by atoms with Gasteiger partial charge in [0, 0.05) is 6.42 Å². The second-order valence-corrected chi connectivity index (χ2v) is 10.9. The molecule has 2 rings (SSSR count). The fraction of sp³-hybridized carbons (Fsp3) is 0.629. The van der Waals surface area contributed by atoms with Gasteiger partial charge in [-0.2, -0.15) is 0 Å². The molecule has 0 aliphatic carbocycles. The lowest BCUT2D eigenvalue weighted by atomic mass is 10.0. The van der Waals surface area contributed by atoms with E-state index in [2.05, 4.69) is 6.92 Å². The van der Waals surface area contributed by atoms with Gasteiger partial charge in [-0.15, -0.1) is 0 Å². The second kappa shape index (κ2) is 22.6. The molecule has 1 unspecified atom stereocenters. The van der Waals surface area contributed by atoms with Crippen molar-refractivity contribution < 1.29 is 19.0 Å². The van der Waals surface area contributed by atoms with Gasteiger partial charge in [0.05, 0.1) is 13.2 Å². The van der Waals surface area contributed by atoms with E-state index in [1.54, 1.807) is 0 Å². The highest BCUT2D eigenvalue weighted by Gasteiger charge is 2.23. The Morgan fingerprint density at radius 3 is 1.38 bits per heavy atom. The molecule has 218 valence electrons. The van der Waals surface area contributed by atoms with E-state index in [-0.39, 0.29) is 5.97 Å². The molecular formula is C35H54O4. The summed E-state index contributed by atoms with van der Waals surface area (Å²) in [7, 11) is 0. The van der Waals surface area contributed by atoms with Gasteiger partial charge in [-0.1, -0.05) is 157 Å². The van der Waals surface area contributed by atoms with Crippen LogP contribution in [-0.4, -0.2) is 18.4 Å². The summed E-state index contributed by atoms with van der Waals surface area (Å²) in [6, 6.07) is 20.0. The summed E-state index contributed by atoms with van der Waals surface area (Å²) >= 11 is 0. The lowest BCUT2D eigenvalue weighted by molar-refractivity contribution is -0.215. The average Bonchev–Trinajstić information content (AvgIpc) is 2.96. The maximum Gasteiger partial charge on any atom is 0.306 e. The molecule has 39 heavy (non-hydrogen) atoms.